The van der Waals surface area contributed by atoms with Crippen LogP contribution in [-0.4, -0.2) is 30.9 Å². The summed E-state index contributed by atoms with van der Waals surface area (Å²) in [5, 5.41) is 8.83. The number of thiazole rings is 1. The largest absolute Gasteiger partial charge is 0.493 e. The van der Waals surface area contributed by atoms with Crippen LogP contribution in [0, 0.1) is 17.1 Å². The van der Waals surface area contributed by atoms with Crippen LogP contribution in [0.15, 0.2) is 61.9 Å². The van der Waals surface area contributed by atoms with E-state index >= 15 is 0 Å². The summed E-state index contributed by atoms with van der Waals surface area (Å²) in [7, 11) is 1.47. The van der Waals surface area contributed by atoms with Crippen LogP contribution in [0.25, 0.3) is 6.08 Å². The summed E-state index contributed by atoms with van der Waals surface area (Å²) in [6.07, 6.45) is 1.68. The quantitative estimate of drug-likeness (QED) is 0.392. The first kappa shape index (κ1) is 26.3. The van der Waals surface area contributed by atoms with Gasteiger partial charge in [-0.1, -0.05) is 23.5 Å². The molecular weight excluding hydrogens is 565 g/mol. The fourth-order valence-electron chi connectivity index (χ4n) is 3.97. The highest BCUT2D eigenvalue weighted by Gasteiger charge is 2.33. The molecule has 1 atom stereocenters. The lowest BCUT2D eigenvalue weighted by atomic mass is 9.96. The van der Waals surface area contributed by atoms with Crippen LogP contribution in [-0.2, 0) is 9.53 Å². The van der Waals surface area contributed by atoms with Crippen molar-refractivity contribution >= 4 is 39.3 Å². The van der Waals surface area contributed by atoms with Crippen LogP contribution in [0.4, 0.5) is 4.39 Å². The second-order valence-electron chi connectivity index (χ2n) is 7.83. The molecule has 0 aliphatic carbocycles. The van der Waals surface area contributed by atoms with Gasteiger partial charge in [-0.15, -0.1) is 0 Å². The number of nitrogens with zero attached hydrogens (tertiary/aromatic N) is 3. The number of hydrogen-bond donors (Lipinski definition) is 0. The van der Waals surface area contributed by atoms with E-state index in [-0.39, 0.29) is 24.3 Å². The number of carbonyl (C=O) groups excluding carboxylic acids is 1. The van der Waals surface area contributed by atoms with Crippen LogP contribution in [0.2, 0.25) is 0 Å². The third-order valence-corrected chi connectivity index (χ3v) is 7.11. The first-order valence-electron chi connectivity index (χ1n) is 11.1. The average molecular weight is 586 g/mol. The van der Waals surface area contributed by atoms with Crippen LogP contribution >= 0.6 is 27.3 Å². The Hall–Kier alpha value is -3.75. The number of fused-ring (bicyclic) bond motifs is 1. The fourth-order valence-corrected chi connectivity index (χ4v) is 5.59. The first-order valence-corrected chi connectivity index (χ1v) is 12.7. The lowest BCUT2D eigenvalue weighted by Gasteiger charge is -2.24. The van der Waals surface area contributed by atoms with E-state index in [9.17, 15) is 14.0 Å². The van der Waals surface area contributed by atoms with Gasteiger partial charge in [0.05, 0.1) is 40.0 Å². The van der Waals surface area contributed by atoms with Crippen molar-refractivity contribution < 1.29 is 23.4 Å². The molecule has 4 rings (SSSR count). The van der Waals surface area contributed by atoms with Gasteiger partial charge in [0, 0.05) is 0 Å². The summed E-state index contributed by atoms with van der Waals surface area (Å²) in [6, 6.07) is 10.1. The highest BCUT2D eigenvalue weighted by molar-refractivity contribution is 9.10. The molecule has 1 aliphatic heterocycles. The molecule has 0 bridgehead atoms. The summed E-state index contributed by atoms with van der Waals surface area (Å²) in [5.41, 5.74) is 1.46. The zero-order chi connectivity index (χ0) is 26.7. The van der Waals surface area contributed by atoms with Gasteiger partial charge in [0.2, 0.25) is 0 Å². The molecule has 0 spiro atoms. The summed E-state index contributed by atoms with van der Waals surface area (Å²) in [4.78, 5) is 31.5. The van der Waals surface area contributed by atoms with Crippen molar-refractivity contribution in [3.63, 3.8) is 0 Å². The van der Waals surface area contributed by atoms with Gasteiger partial charge in [0.25, 0.3) is 5.56 Å². The van der Waals surface area contributed by atoms with Crippen LogP contribution < -0.4 is 24.4 Å². The van der Waals surface area contributed by atoms with Gasteiger partial charge in [0.1, 0.15) is 11.9 Å². The van der Waals surface area contributed by atoms with Crippen molar-refractivity contribution in [3.05, 3.63) is 88.8 Å². The van der Waals surface area contributed by atoms with E-state index in [2.05, 4.69) is 20.9 Å². The van der Waals surface area contributed by atoms with Gasteiger partial charge in [-0.25, -0.2) is 14.2 Å². The summed E-state index contributed by atoms with van der Waals surface area (Å²) >= 11 is 4.59. The second kappa shape index (κ2) is 11.1. The zero-order valence-corrected chi connectivity index (χ0v) is 22.5. The van der Waals surface area contributed by atoms with Crippen molar-refractivity contribution in [3.8, 4) is 17.6 Å². The van der Waals surface area contributed by atoms with Gasteiger partial charge in [-0.3, -0.25) is 9.36 Å². The smallest absolute Gasteiger partial charge is 0.338 e. The maximum Gasteiger partial charge on any atom is 0.338 e. The van der Waals surface area contributed by atoms with Crippen LogP contribution in [0.3, 0.4) is 0 Å². The molecule has 11 heteroatoms. The van der Waals surface area contributed by atoms with Gasteiger partial charge < -0.3 is 14.2 Å². The second-order valence-corrected chi connectivity index (χ2v) is 9.70. The molecule has 0 amide bonds. The zero-order valence-electron chi connectivity index (χ0n) is 20.1. The highest BCUT2D eigenvalue weighted by atomic mass is 79.9. The molecule has 0 saturated carbocycles. The standard InChI is InChI=1S/C26H21BrFN3O5S/c1-4-35-25(33)21-14(2)30-26-31(22(21)16-5-7-17(28)8-6-16)24(32)20(37-26)13-15-11-18(27)23(36-10-9-29)19(12-15)34-3/h5-8,11-13,22H,4,10H2,1-3H3/b20-13-/t22-/m1/s1. The van der Waals surface area contributed by atoms with Crippen molar-refractivity contribution in [2.75, 3.05) is 20.3 Å². The molecule has 0 radical (unpaired) electrons. The van der Waals surface area contributed by atoms with E-state index < -0.39 is 17.8 Å². The molecule has 1 aliphatic rings. The summed E-state index contributed by atoms with van der Waals surface area (Å²) in [6.45, 7) is 3.38. The molecule has 2 aromatic carbocycles. The van der Waals surface area contributed by atoms with Gasteiger partial charge in [0.15, 0.2) is 22.9 Å². The molecule has 190 valence electrons. The third-order valence-electron chi connectivity index (χ3n) is 5.53. The SMILES string of the molecule is CCOC(=O)C1=C(C)N=c2s/c(=C\c3cc(Br)c(OCC#N)c(OC)c3)c(=O)n2[C@@H]1c1ccc(F)cc1. The van der Waals surface area contributed by atoms with Gasteiger partial charge in [-0.05, 0) is 71.2 Å². The number of carbonyl (C=O) groups is 1. The van der Waals surface area contributed by atoms with Crippen molar-refractivity contribution in [2.24, 2.45) is 4.99 Å². The van der Waals surface area contributed by atoms with Crippen molar-refractivity contribution in [1.82, 2.24) is 4.57 Å². The summed E-state index contributed by atoms with van der Waals surface area (Å²) < 4.78 is 32.1. The lowest BCUT2D eigenvalue weighted by molar-refractivity contribution is -0.139. The number of esters is 1. The minimum atomic E-state index is -0.832. The van der Waals surface area contributed by atoms with Gasteiger partial charge in [-0.2, -0.15) is 5.26 Å². The van der Waals surface area contributed by atoms with E-state index in [1.807, 2.05) is 6.07 Å². The van der Waals surface area contributed by atoms with E-state index in [1.165, 1.54) is 35.9 Å². The molecule has 2 heterocycles. The maximum atomic E-state index is 13.7. The van der Waals surface area contributed by atoms with E-state index in [0.29, 0.717) is 42.1 Å². The predicted octanol–water partition coefficient (Wildman–Crippen LogP) is 3.61. The van der Waals surface area contributed by atoms with E-state index in [4.69, 9.17) is 19.5 Å². The maximum absolute atomic E-state index is 13.7. The molecule has 8 nitrogen and oxygen atoms in total. The van der Waals surface area contributed by atoms with E-state index in [0.717, 1.165) is 11.3 Å². The molecule has 0 N–H and O–H groups in total. The van der Waals surface area contributed by atoms with Crippen LogP contribution in [0.1, 0.15) is 31.0 Å². The molecule has 1 aromatic heterocycles. The Morgan fingerprint density at radius 3 is 2.70 bits per heavy atom. The Labute approximate surface area is 223 Å². The average Bonchev–Trinajstić information content (AvgIpc) is 3.17. The number of rotatable bonds is 7. The number of allylic oxidation sites excluding steroid dienone is 1. The normalized spacial score (nSPS) is 15.0. The monoisotopic (exact) mass is 585 g/mol. The van der Waals surface area contributed by atoms with Crippen molar-refractivity contribution in [2.45, 2.75) is 19.9 Å². The Kier molecular flexibility index (Phi) is 7.90. The predicted molar refractivity (Wildman–Crippen MR) is 139 cm³/mol. The molecule has 37 heavy (non-hydrogen) atoms. The number of nitriles is 1. The lowest BCUT2D eigenvalue weighted by Crippen LogP contribution is -2.39. The fraction of sp³-hybridized carbons (Fsp3) is 0.231. The number of halogens is 2. The molecule has 0 saturated heterocycles. The first-order chi connectivity index (χ1) is 17.8. The topological polar surface area (TPSA) is 103 Å². The number of benzene rings is 2. The number of aromatic nitrogens is 1. The van der Waals surface area contributed by atoms with Gasteiger partial charge >= 0.3 is 5.97 Å². The molecule has 0 fully saturated rings. The van der Waals surface area contributed by atoms with Crippen molar-refractivity contribution in [1.29, 1.82) is 5.26 Å². The number of methoxy groups -OCH3 is 1. The summed E-state index contributed by atoms with van der Waals surface area (Å²) in [5.74, 6) is -0.271. The molecule has 0 unspecified atom stereocenters. The number of ether oxygens (including phenoxy) is 3. The van der Waals surface area contributed by atoms with Crippen LogP contribution in [0.5, 0.6) is 11.5 Å². The third kappa shape index (κ3) is 5.21. The Morgan fingerprint density at radius 2 is 2.05 bits per heavy atom. The number of hydrogen-bond acceptors (Lipinski definition) is 8. The molecule has 3 aromatic rings. The Bertz CT molecular complexity index is 1620. The highest BCUT2D eigenvalue weighted by Crippen LogP contribution is 2.37. The molecular formula is C26H21BrFN3O5S. The van der Waals surface area contributed by atoms with E-state index in [1.54, 1.807) is 32.1 Å². The minimum absolute atomic E-state index is 0.154. The minimum Gasteiger partial charge on any atom is -0.493 e. The Morgan fingerprint density at radius 1 is 1.32 bits per heavy atom. The Balaban J connectivity index is 1.90.